The molecule has 2 aromatic rings. The number of ketones is 1. The molecule has 4 heteroatoms. The smallest absolute Gasteiger partial charge is 0.229 e. The summed E-state index contributed by atoms with van der Waals surface area (Å²) in [6, 6.07) is 5.31. The highest BCUT2D eigenvalue weighted by Crippen LogP contribution is 2.26. The molecule has 16 heavy (non-hydrogen) atoms. The van der Waals surface area contributed by atoms with Gasteiger partial charge in [0.25, 0.3) is 0 Å². The summed E-state index contributed by atoms with van der Waals surface area (Å²) in [7, 11) is 3.38. The van der Waals surface area contributed by atoms with Crippen LogP contribution < -0.4 is 4.74 Å². The van der Waals surface area contributed by atoms with Crippen molar-refractivity contribution < 1.29 is 14.3 Å². The molecule has 0 bridgehead atoms. The van der Waals surface area contributed by atoms with Gasteiger partial charge in [-0.3, -0.25) is 9.59 Å². The highest BCUT2D eigenvalue weighted by Gasteiger charge is 2.13. The second kappa shape index (κ2) is 3.81. The Labute approximate surface area is 92.4 Å². The quantitative estimate of drug-likeness (QED) is 0.445. The van der Waals surface area contributed by atoms with E-state index in [1.165, 1.54) is 7.11 Å². The van der Waals surface area contributed by atoms with E-state index in [2.05, 4.69) is 0 Å². The largest absolute Gasteiger partial charge is 0.496 e. The average molecular weight is 217 g/mol. The Hall–Kier alpha value is -2.10. The predicted octanol–water partition coefficient (Wildman–Crippen LogP) is 1.57. The fourth-order valence-electron chi connectivity index (χ4n) is 1.72. The van der Waals surface area contributed by atoms with Crippen molar-refractivity contribution in [3.63, 3.8) is 0 Å². The molecular formula is C12H11NO3. The summed E-state index contributed by atoms with van der Waals surface area (Å²) in [5, 5.41) is 0.911. The first-order valence-corrected chi connectivity index (χ1v) is 4.80. The van der Waals surface area contributed by atoms with E-state index < -0.39 is 5.78 Å². The van der Waals surface area contributed by atoms with Gasteiger partial charge in [0, 0.05) is 24.7 Å². The lowest BCUT2D eigenvalue weighted by atomic mass is 10.1. The first-order valence-electron chi connectivity index (χ1n) is 4.80. The number of hydrogen-bond donors (Lipinski definition) is 0. The standard InChI is InChI=1S/C12H11NO3/c1-13-4-3-8-5-9(11(15)7-14)12(16-2)6-10(8)13/h3-7H,1-2H3. The molecule has 0 aliphatic rings. The van der Waals surface area contributed by atoms with Gasteiger partial charge in [0.1, 0.15) is 5.75 Å². The van der Waals surface area contributed by atoms with Crippen LogP contribution in [0.4, 0.5) is 0 Å². The Morgan fingerprint density at radius 3 is 2.81 bits per heavy atom. The van der Waals surface area contributed by atoms with Gasteiger partial charge in [-0.25, -0.2) is 0 Å². The van der Waals surface area contributed by atoms with Crippen LogP contribution in [0.1, 0.15) is 10.4 Å². The Kier molecular flexibility index (Phi) is 2.48. The lowest BCUT2D eigenvalue weighted by Gasteiger charge is -2.06. The number of carbonyl (C=O) groups is 2. The number of aromatic nitrogens is 1. The Balaban J connectivity index is 2.73. The van der Waals surface area contributed by atoms with Crippen LogP contribution in [0.3, 0.4) is 0 Å². The molecule has 0 unspecified atom stereocenters. The third-order valence-corrected chi connectivity index (χ3v) is 2.58. The van der Waals surface area contributed by atoms with Crippen molar-refractivity contribution in [2.45, 2.75) is 0 Å². The zero-order valence-electron chi connectivity index (χ0n) is 9.06. The summed E-state index contributed by atoms with van der Waals surface area (Å²) in [5.74, 6) is -0.144. The summed E-state index contributed by atoms with van der Waals surface area (Å²) in [6.07, 6.45) is 2.19. The SMILES string of the molecule is COc1cc2c(ccn2C)cc1C(=O)C=O. The van der Waals surface area contributed by atoms with Crippen molar-refractivity contribution in [3.8, 4) is 5.75 Å². The zero-order chi connectivity index (χ0) is 11.7. The summed E-state index contributed by atoms with van der Waals surface area (Å²) in [5.41, 5.74) is 1.26. The Morgan fingerprint density at radius 2 is 2.19 bits per heavy atom. The molecule has 0 aliphatic heterocycles. The van der Waals surface area contributed by atoms with Gasteiger partial charge in [-0.05, 0) is 12.1 Å². The van der Waals surface area contributed by atoms with Gasteiger partial charge in [-0.1, -0.05) is 0 Å². The Bertz CT molecular complexity index is 569. The summed E-state index contributed by atoms with van der Waals surface area (Å²) >= 11 is 0. The predicted molar refractivity (Wildman–Crippen MR) is 59.9 cm³/mol. The number of aryl methyl sites for hydroxylation is 1. The van der Waals surface area contributed by atoms with Crippen molar-refractivity contribution in [1.29, 1.82) is 0 Å². The number of ether oxygens (including phenoxy) is 1. The van der Waals surface area contributed by atoms with Gasteiger partial charge in [0.2, 0.25) is 5.78 Å². The van der Waals surface area contributed by atoms with Gasteiger partial charge < -0.3 is 9.30 Å². The van der Waals surface area contributed by atoms with Crippen LogP contribution in [-0.2, 0) is 11.8 Å². The minimum Gasteiger partial charge on any atom is -0.496 e. The molecule has 2 rings (SSSR count). The van der Waals surface area contributed by atoms with E-state index in [4.69, 9.17) is 4.74 Å². The second-order valence-corrected chi connectivity index (χ2v) is 3.52. The average Bonchev–Trinajstić information content (AvgIpc) is 2.68. The molecule has 1 aromatic carbocycles. The maximum Gasteiger partial charge on any atom is 0.229 e. The maximum atomic E-state index is 11.4. The van der Waals surface area contributed by atoms with Gasteiger partial charge in [0.05, 0.1) is 18.2 Å². The van der Waals surface area contributed by atoms with E-state index in [9.17, 15) is 9.59 Å². The van der Waals surface area contributed by atoms with Crippen LogP contribution in [-0.4, -0.2) is 23.7 Å². The van der Waals surface area contributed by atoms with E-state index in [0.717, 1.165) is 10.9 Å². The highest BCUT2D eigenvalue weighted by molar-refractivity contribution is 6.34. The molecule has 0 amide bonds. The molecule has 0 fully saturated rings. The van der Waals surface area contributed by atoms with Gasteiger partial charge in [-0.2, -0.15) is 0 Å². The van der Waals surface area contributed by atoms with Crippen LogP contribution in [0.25, 0.3) is 10.9 Å². The molecule has 1 aromatic heterocycles. The van der Waals surface area contributed by atoms with Crippen LogP contribution in [0.5, 0.6) is 5.75 Å². The van der Waals surface area contributed by atoms with Crippen molar-refractivity contribution in [1.82, 2.24) is 4.57 Å². The lowest BCUT2D eigenvalue weighted by molar-refractivity contribution is -0.104. The fraction of sp³-hybridized carbons (Fsp3) is 0.167. The molecule has 0 atom stereocenters. The molecule has 1 heterocycles. The molecule has 0 spiro atoms. The van der Waals surface area contributed by atoms with Gasteiger partial charge in [0.15, 0.2) is 6.29 Å². The minimum atomic E-state index is -0.567. The van der Waals surface area contributed by atoms with Crippen LogP contribution >= 0.6 is 0 Å². The van der Waals surface area contributed by atoms with E-state index in [1.54, 1.807) is 12.1 Å². The third kappa shape index (κ3) is 1.48. The number of carbonyl (C=O) groups excluding carboxylic acids is 2. The monoisotopic (exact) mass is 217 g/mol. The lowest BCUT2D eigenvalue weighted by Crippen LogP contribution is -2.03. The fourth-order valence-corrected chi connectivity index (χ4v) is 1.72. The van der Waals surface area contributed by atoms with Crippen molar-refractivity contribution in [3.05, 3.63) is 30.0 Å². The number of Topliss-reactive ketones (excluding diaryl/α,β-unsaturated/α-hetero) is 1. The number of rotatable bonds is 3. The zero-order valence-corrected chi connectivity index (χ0v) is 9.06. The van der Waals surface area contributed by atoms with Crippen LogP contribution in [0, 0.1) is 0 Å². The Morgan fingerprint density at radius 1 is 1.44 bits per heavy atom. The number of aldehydes is 1. The number of hydrogen-bond acceptors (Lipinski definition) is 3. The van der Waals surface area contributed by atoms with Crippen molar-refractivity contribution in [2.75, 3.05) is 7.11 Å². The van der Waals surface area contributed by atoms with E-state index >= 15 is 0 Å². The van der Waals surface area contributed by atoms with Gasteiger partial charge >= 0.3 is 0 Å². The molecule has 0 radical (unpaired) electrons. The maximum absolute atomic E-state index is 11.4. The normalized spacial score (nSPS) is 10.4. The molecule has 82 valence electrons. The molecule has 0 N–H and O–H groups in total. The molecule has 0 saturated heterocycles. The summed E-state index contributed by atoms with van der Waals surface area (Å²) in [4.78, 5) is 21.9. The van der Waals surface area contributed by atoms with E-state index in [-0.39, 0.29) is 0 Å². The molecular weight excluding hydrogens is 206 g/mol. The molecule has 0 saturated carbocycles. The van der Waals surface area contributed by atoms with E-state index in [1.807, 2.05) is 23.9 Å². The number of methoxy groups -OCH3 is 1. The van der Waals surface area contributed by atoms with Crippen molar-refractivity contribution >= 4 is 23.0 Å². The summed E-state index contributed by atoms with van der Waals surface area (Å²) in [6.45, 7) is 0. The number of benzene rings is 1. The van der Waals surface area contributed by atoms with Crippen LogP contribution in [0.2, 0.25) is 0 Å². The molecule has 0 aliphatic carbocycles. The second-order valence-electron chi connectivity index (χ2n) is 3.52. The molecule has 4 nitrogen and oxygen atoms in total. The third-order valence-electron chi connectivity index (χ3n) is 2.58. The topological polar surface area (TPSA) is 48.3 Å². The number of nitrogens with zero attached hydrogens (tertiary/aromatic N) is 1. The van der Waals surface area contributed by atoms with Gasteiger partial charge in [-0.15, -0.1) is 0 Å². The summed E-state index contributed by atoms with van der Waals surface area (Å²) < 4.78 is 7.03. The first kappa shape index (κ1) is 10.4. The van der Waals surface area contributed by atoms with E-state index in [0.29, 0.717) is 17.6 Å². The number of fused-ring (bicyclic) bond motifs is 1. The van der Waals surface area contributed by atoms with Crippen LogP contribution in [0.15, 0.2) is 24.4 Å². The highest BCUT2D eigenvalue weighted by atomic mass is 16.5. The minimum absolute atomic E-state index is 0.298. The first-order chi connectivity index (χ1) is 7.67. The van der Waals surface area contributed by atoms with Crippen molar-refractivity contribution in [2.24, 2.45) is 7.05 Å².